The number of carbonyl (C=O) groups is 1. The van der Waals surface area contributed by atoms with E-state index < -0.39 is 0 Å². The van der Waals surface area contributed by atoms with Crippen LogP contribution >= 0.6 is 43.2 Å². The van der Waals surface area contributed by atoms with Crippen LogP contribution in [-0.4, -0.2) is 12.5 Å². The molecule has 2 unspecified atom stereocenters. The van der Waals surface area contributed by atoms with Gasteiger partial charge in [0, 0.05) is 6.54 Å². The van der Waals surface area contributed by atoms with Crippen molar-refractivity contribution in [2.45, 2.75) is 26.2 Å². The lowest BCUT2D eigenvalue weighted by Gasteiger charge is -2.10. The van der Waals surface area contributed by atoms with Crippen LogP contribution in [0, 0.1) is 11.8 Å². The third kappa shape index (κ3) is 3.55. The Kier molecular flexibility index (Phi) is 4.66. The molecule has 0 bridgehead atoms. The van der Waals surface area contributed by atoms with Gasteiger partial charge in [-0.05, 0) is 62.6 Å². The van der Waals surface area contributed by atoms with Gasteiger partial charge in [-0.2, -0.15) is 0 Å². The highest BCUT2D eigenvalue weighted by Crippen LogP contribution is 2.32. The number of halogens is 2. The summed E-state index contributed by atoms with van der Waals surface area (Å²) in [7, 11) is 0. The third-order valence-corrected chi connectivity index (χ3v) is 5.60. The molecule has 94 valence electrons. The molecule has 2 nitrogen and oxygen atoms in total. The van der Waals surface area contributed by atoms with Crippen molar-refractivity contribution < 1.29 is 4.79 Å². The van der Waals surface area contributed by atoms with E-state index in [1.807, 2.05) is 6.07 Å². The number of carbonyl (C=O) groups excluding carboxylic acids is 1. The van der Waals surface area contributed by atoms with Gasteiger partial charge in [0.15, 0.2) is 0 Å². The second-order valence-electron chi connectivity index (χ2n) is 4.73. The van der Waals surface area contributed by atoms with Gasteiger partial charge in [-0.25, -0.2) is 0 Å². The minimum absolute atomic E-state index is 0.0263. The summed E-state index contributed by atoms with van der Waals surface area (Å²) in [5, 5.41) is 3.03. The lowest BCUT2D eigenvalue weighted by Crippen LogP contribution is -2.28. The van der Waals surface area contributed by atoms with Crippen LogP contribution in [0.3, 0.4) is 0 Å². The van der Waals surface area contributed by atoms with Gasteiger partial charge in [-0.1, -0.05) is 13.3 Å². The van der Waals surface area contributed by atoms with Crippen molar-refractivity contribution in [3.8, 4) is 0 Å². The lowest BCUT2D eigenvalue weighted by atomic mass is 10.1. The number of thiophene rings is 1. The zero-order valence-corrected chi connectivity index (χ0v) is 13.6. The smallest absolute Gasteiger partial charge is 0.253 e. The zero-order valence-electron chi connectivity index (χ0n) is 9.63. The largest absolute Gasteiger partial charge is 0.352 e. The van der Waals surface area contributed by atoms with E-state index in [1.54, 1.807) is 0 Å². The molecule has 1 N–H and O–H groups in total. The molecule has 0 aliphatic heterocycles. The SMILES string of the molecule is CC1CCC(CNC(=O)c2cc(Br)sc2Br)C1. The van der Waals surface area contributed by atoms with E-state index in [9.17, 15) is 4.79 Å². The Hall–Kier alpha value is 0.130. The summed E-state index contributed by atoms with van der Waals surface area (Å²) in [6.45, 7) is 3.09. The number of hydrogen-bond acceptors (Lipinski definition) is 2. The van der Waals surface area contributed by atoms with Crippen molar-refractivity contribution in [3.05, 3.63) is 19.2 Å². The Morgan fingerprint density at radius 1 is 1.53 bits per heavy atom. The summed E-state index contributed by atoms with van der Waals surface area (Å²) in [6, 6.07) is 1.86. The molecular weight excluding hydrogens is 366 g/mol. The Morgan fingerprint density at radius 3 is 2.82 bits per heavy atom. The Balaban J connectivity index is 1.87. The minimum Gasteiger partial charge on any atom is -0.352 e. The summed E-state index contributed by atoms with van der Waals surface area (Å²) in [6.07, 6.45) is 3.79. The van der Waals surface area contributed by atoms with Crippen molar-refractivity contribution in [2.24, 2.45) is 11.8 Å². The van der Waals surface area contributed by atoms with Crippen LogP contribution in [0.5, 0.6) is 0 Å². The van der Waals surface area contributed by atoms with E-state index in [4.69, 9.17) is 0 Å². The van der Waals surface area contributed by atoms with Gasteiger partial charge >= 0.3 is 0 Å². The average molecular weight is 381 g/mol. The van der Waals surface area contributed by atoms with Crippen molar-refractivity contribution in [1.82, 2.24) is 5.32 Å². The van der Waals surface area contributed by atoms with Gasteiger partial charge in [0.2, 0.25) is 0 Å². The molecule has 17 heavy (non-hydrogen) atoms. The molecule has 0 radical (unpaired) electrons. The average Bonchev–Trinajstić information content (AvgIpc) is 2.81. The predicted molar refractivity (Wildman–Crippen MR) is 78.6 cm³/mol. The van der Waals surface area contributed by atoms with Crippen LogP contribution in [-0.2, 0) is 0 Å². The first-order valence-electron chi connectivity index (χ1n) is 5.79. The van der Waals surface area contributed by atoms with Crippen LogP contribution in [0.25, 0.3) is 0 Å². The second-order valence-corrected chi connectivity index (χ2v) is 8.48. The number of hydrogen-bond donors (Lipinski definition) is 1. The second kappa shape index (κ2) is 5.85. The number of nitrogens with one attached hydrogen (secondary N) is 1. The first-order valence-corrected chi connectivity index (χ1v) is 8.19. The standard InChI is InChI=1S/C12H15Br2NOS/c1-7-2-3-8(4-7)6-15-12(16)9-5-10(13)17-11(9)14/h5,7-8H,2-4,6H2,1H3,(H,15,16). The van der Waals surface area contributed by atoms with E-state index in [-0.39, 0.29) is 5.91 Å². The maximum absolute atomic E-state index is 12.0. The molecule has 0 spiro atoms. The topological polar surface area (TPSA) is 29.1 Å². The molecular formula is C12H15Br2NOS. The highest BCUT2D eigenvalue weighted by atomic mass is 79.9. The first kappa shape index (κ1) is 13.6. The number of rotatable bonds is 3. The van der Waals surface area contributed by atoms with Gasteiger partial charge in [0.1, 0.15) is 0 Å². The summed E-state index contributed by atoms with van der Waals surface area (Å²) in [4.78, 5) is 12.0. The van der Waals surface area contributed by atoms with Crippen LogP contribution in [0.1, 0.15) is 36.5 Å². The van der Waals surface area contributed by atoms with E-state index in [2.05, 4.69) is 44.1 Å². The number of amides is 1. The molecule has 1 heterocycles. The molecule has 1 aromatic heterocycles. The summed E-state index contributed by atoms with van der Waals surface area (Å²) >= 11 is 8.32. The molecule has 0 saturated heterocycles. The molecule has 0 aromatic carbocycles. The van der Waals surface area contributed by atoms with E-state index >= 15 is 0 Å². The van der Waals surface area contributed by atoms with E-state index in [0.717, 1.165) is 25.6 Å². The quantitative estimate of drug-likeness (QED) is 0.825. The highest BCUT2D eigenvalue weighted by molar-refractivity contribution is 9.12. The molecule has 5 heteroatoms. The maximum Gasteiger partial charge on any atom is 0.253 e. The van der Waals surface area contributed by atoms with Crippen molar-refractivity contribution >= 4 is 49.1 Å². The molecule has 1 aliphatic rings. The van der Waals surface area contributed by atoms with Crippen LogP contribution < -0.4 is 5.32 Å². The molecule has 2 atom stereocenters. The van der Waals surface area contributed by atoms with Gasteiger partial charge in [0.05, 0.1) is 13.1 Å². The third-order valence-electron chi connectivity index (χ3n) is 3.26. The van der Waals surface area contributed by atoms with Gasteiger partial charge in [0.25, 0.3) is 5.91 Å². The Morgan fingerprint density at radius 2 is 2.29 bits per heavy atom. The molecule has 1 aromatic rings. The van der Waals surface area contributed by atoms with Crippen LogP contribution in [0.2, 0.25) is 0 Å². The molecule has 1 amide bonds. The fraction of sp³-hybridized carbons (Fsp3) is 0.583. The lowest BCUT2D eigenvalue weighted by molar-refractivity contribution is 0.0947. The maximum atomic E-state index is 12.0. The van der Waals surface area contributed by atoms with E-state index in [1.165, 1.54) is 30.6 Å². The summed E-state index contributed by atoms with van der Waals surface area (Å²) in [5.41, 5.74) is 0.730. The highest BCUT2D eigenvalue weighted by Gasteiger charge is 2.22. The minimum atomic E-state index is 0.0263. The molecule has 1 saturated carbocycles. The van der Waals surface area contributed by atoms with Crippen molar-refractivity contribution in [3.63, 3.8) is 0 Å². The fourth-order valence-electron chi connectivity index (χ4n) is 2.34. The van der Waals surface area contributed by atoms with Gasteiger partial charge in [-0.15, -0.1) is 11.3 Å². The monoisotopic (exact) mass is 379 g/mol. The van der Waals surface area contributed by atoms with Gasteiger partial charge in [-0.3, -0.25) is 4.79 Å². The molecule has 1 aliphatic carbocycles. The fourth-order valence-corrected chi connectivity index (χ4v) is 5.13. The van der Waals surface area contributed by atoms with Crippen molar-refractivity contribution in [1.29, 1.82) is 0 Å². The van der Waals surface area contributed by atoms with Crippen molar-refractivity contribution in [2.75, 3.05) is 6.54 Å². The van der Waals surface area contributed by atoms with Gasteiger partial charge < -0.3 is 5.32 Å². The Bertz CT molecular complexity index is 419. The zero-order chi connectivity index (χ0) is 12.4. The first-order chi connectivity index (χ1) is 8.06. The van der Waals surface area contributed by atoms with Crippen LogP contribution in [0.15, 0.2) is 13.6 Å². The Labute approximate surface area is 122 Å². The summed E-state index contributed by atoms with van der Waals surface area (Å²) in [5.74, 6) is 1.51. The molecule has 1 fully saturated rings. The normalized spacial score (nSPS) is 23.9. The summed E-state index contributed by atoms with van der Waals surface area (Å²) < 4.78 is 1.87. The van der Waals surface area contributed by atoms with E-state index in [0.29, 0.717) is 5.92 Å². The van der Waals surface area contributed by atoms with Crippen LogP contribution in [0.4, 0.5) is 0 Å². The predicted octanol–water partition coefficient (Wildman–Crippen LogP) is 4.44. The molecule has 2 rings (SSSR count).